The number of aryl methyl sites for hydroxylation is 1. The van der Waals surface area contributed by atoms with Crippen LogP contribution in [0.1, 0.15) is 12.5 Å². The molecular formula is C22H22N2O4. The first-order chi connectivity index (χ1) is 13.5. The minimum absolute atomic E-state index is 0.205. The predicted molar refractivity (Wildman–Crippen MR) is 107 cm³/mol. The molecule has 0 radical (unpaired) electrons. The molecule has 0 aromatic heterocycles. The largest absolute Gasteiger partial charge is 0.484 e. The van der Waals surface area contributed by atoms with Crippen LogP contribution in [0.25, 0.3) is 10.8 Å². The Balaban J connectivity index is 1.46. The van der Waals surface area contributed by atoms with Gasteiger partial charge in [0.15, 0.2) is 12.7 Å². The number of hydrogen-bond acceptors (Lipinski definition) is 4. The molecule has 6 heteroatoms. The van der Waals surface area contributed by atoms with E-state index in [1.165, 1.54) is 0 Å². The first kappa shape index (κ1) is 19.2. The highest BCUT2D eigenvalue weighted by Crippen LogP contribution is 2.21. The summed E-state index contributed by atoms with van der Waals surface area (Å²) in [5, 5.41) is 2.11. The SMILES string of the molecule is Cc1cccc(OCC(=O)NNC(=O)[C@@H](C)Oc2ccc3ccccc3c2)c1. The van der Waals surface area contributed by atoms with Crippen molar-refractivity contribution < 1.29 is 19.1 Å². The Morgan fingerprint density at radius 2 is 1.68 bits per heavy atom. The molecule has 0 heterocycles. The first-order valence-corrected chi connectivity index (χ1v) is 8.95. The van der Waals surface area contributed by atoms with Crippen molar-refractivity contribution in [1.29, 1.82) is 0 Å². The molecule has 0 spiro atoms. The maximum atomic E-state index is 12.1. The van der Waals surface area contributed by atoms with Gasteiger partial charge in [0, 0.05) is 0 Å². The summed E-state index contributed by atoms with van der Waals surface area (Å²) in [6.45, 7) is 3.34. The van der Waals surface area contributed by atoms with Crippen molar-refractivity contribution in [3.05, 3.63) is 72.3 Å². The second-order valence-corrected chi connectivity index (χ2v) is 6.41. The van der Waals surface area contributed by atoms with Crippen LogP contribution in [0.4, 0.5) is 0 Å². The quantitative estimate of drug-likeness (QED) is 0.646. The summed E-state index contributed by atoms with van der Waals surface area (Å²) >= 11 is 0. The maximum Gasteiger partial charge on any atom is 0.279 e. The summed E-state index contributed by atoms with van der Waals surface area (Å²) in [7, 11) is 0. The lowest BCUT2D eigenvalue weighted by molar-refractivity contribution is -0.133. The van der Waals surface area contributed by atoms with Crippen LogP contribution in [0.3, 0.4) is 0 Å². The Morgan fingerprint density at radius 1 is 0.893 bits per heavy atom. The van der Waals surface area contributed by atoms with E-state index in [0.29, 0.717) is 11.5 Å². The highest BCUT2D eigenvalue weighted by molar-refractivity contribution is 5.86. The topological polar surface area (TPSA) is 76.7 Å². The molecule has 0 saturated heterocycles. The number of rotatable bonds is 6. The molecule has 1 atom stereocenters. The molecule has 0 aliphatic carbocycles. The lowest BCUT2D eigenvalue weighted by Gasteiger charge is -2.15. The Bertz CT molecular complexity index is 987. The van der Waals surface area contributed by atoms with Crippen molar-refractivity contribution in [3.63, 3.8) is 0 Å². The van der Waals surface area contributed by atoms with Crippen molar-refractivity contribution in [2.24, 2.45) is 0 Å². The highest BCUT2D eigenvalue weighted by Gasteiger charge is 2.15. The Hall–Kier alpha value is -3.54. The lowest BCUT2D eigenvalue weighted by Crippen LogP contribution is -2.48. The van der Waals surface area contributed by atoms with Gasteiger partial charge in [-0.05, 0) is 54.4 Å². The van der Waals surface area contributed by atoms with Gasteiger partial charge in [0.1, 0.15) is 11.5 Å². The van der Waals surface area contributed by atoms with Crippen LogP contribution in [0.5, 0.6) is 11.5 Å². The van der Waals surface area contributed by atoms with Crippen molar-refractivity contribution in [2.45, 2.75) is 20.0 Å². The molecule has 0 aliphatic rings. The van der Waals surface area contributed by atoms with E-state index in [1.54, 1.807) is 19.1 Å². The first-order valence-electron chi connectivity index (χ1n) is 8.95. The number of hydrogen-bond donors (Lipinski definition) is 2. The van der Waals surface area contributed by atoms with E-state index in [4.69, 9.17) is 9.47 Å². The Morgan fingerprint density at radius 3 is 2.46 bits per heavy atom. The molecule has 3 rings (SSSR count). The average molecular weight is 378 g/mol. The maximum absolute atomic E-state index is 12.1. The molecule has 3 aromatic rings. The molecule has 0 fully saturated rings. The van der Waals surface area contributed by atoms with Gasteiger partial charge < -0.3 is 9.47 Å². The molecule has 144 valence electrons. The summed E-state index contributed by atoms with van der Waals surface area (Å²) in [5.41, 5.74) is 5.70. The van der Waals surface area contributed by atoms with Gasteiger partial charge in [0.05, 0.1) is 0 Å². The average Bonchev–Trinajstić information content (AvgIpc) is 2.70. The zero-order valence-corrected chi connectivity index (χ0v) is 15.8. The number of nitrogens with one attached hydrogen (secondary N) is 2. The smallest absolute Gasteiger partial charge is 0.279 e. The van der Waals surface area contributed by atoms with Crippen LogP contribution in [-0.4, -0.2) is 24.5 Å². The number of carbonyl (C=O) groups excluding carboxylic acids is 2. The fourth-order valence-corrected chi connectivity index (χ4v) is 2.62. The number of fused-ring (bicyclic) bond motifs is 1. The van der Waals surface area contributed by atoms with Crippen molar-refractivity contribution >= 4 is 22.6 Å². The summed E-state index contributed by atoms with van der Waals surface area (Å²) in [5.74, 6) is 0.245. The van der Waals surface area contributed by atoms with Gasteiger partial charge in [-0.3, -0.25) is 20.4 Å². The van der Waals surface area contributed by atoms with E-state index in [1.807, 2.05) is 61.5 Å². The Labute approximate surface area is 163 Å². The molecule has 3 aromatic carbocycles. The van der Waals surface area contributed by atoms with Crippen LogP contribution in [-0.2, 0) is 9.59 Å². The lowest BCUT2D eigenvalue weighted by atomic mass is 10.1. The van der Waals surface area contributed by atoms with E-state index in [2.05, 4.69) is 10.9 Å². The second-order valence-electron chi connectivity index (χ2n) is 6.41. The van der Waals surface area contributed by atoms with Gasteiger partial charge >= 0.3 is 0 Å². The zero-order valence-electron chi connectivity index (χ0n) is 15.8. The predicted octanol–water partition coefficient (Wildman–Crippen LogP) is 3.14. The van der Waals surface area contributed by atoms with Crippen molar-refractivity contribution in [3.8, 4) is 11.5 Å². The molecule has 2 N–H and O–H groups in total. The third-order valence-corrected chi connectivity index (χ3v) is 4.09. The molecule has 2 amide bonds. The fraction of sp³-hybridized carbons (Fsp3) is 0.182. The molecule has 0 aliphatic heterocycles. The minimum Gasteiger partial charge on any atom is -0.484 e. The van der Waals surface area contributed by atoms with Gasteiger partial charge in [0.25, 0.3) is 11.8 Å². The normalized spacial score (nSPS) is 11.5. The summed E-state index contributed by atoms with van der Waals surface area (Å²) < 4.78 is 11.0. The van der Waals surface area contributed by atoms with Crippen LogP contribution >= 0.6 is 0 Å². The van der Waals surface area contributed by atoms with Gasteiger partial charge in [-0.1, -0.05) is 42.5 Å². The van der Waals surface area contributed by atoms with E-state index in [0.717, 1.165) is 16.3 Å². The number of carbonyl (C=O) groups is 2. The molecule has 6 nitrogen and oxygen atoms in total. The summed E-state index contributed by atoms with van der Waals surface area (Å²) in [4.78, 5) is 24.0. The van der Waals surface area contributed by atoms with Crippen molar-refractivity contribution in [1.82, 2.24) is 10.9 Å². The van der Waals surface area contributed by atoms with E-state index < -0.39 is 17.9 Å². The number of benzene rings is 3. The molecule has 28 heavy (non-hydrogen) atoms. The monoisotopic (exact) mass is 378 g/mol. The van der Waals surface area contributed by atoms with E-state index in [-0.39, 0.29) is 6.61 Å². The Kier molecular flexibility index (Phi) is 6.11. The third-order valence-electron chi connectivity index (χ3n) is 4.09. The van der Waals surface area contributed by atoms with Gasteiger partial charge in [-0.2, -0.15) is 0 Å². The number of hydrazine groups is 1. The second kappa shape index (κ2) is 8.90. The number of ether oxygens (including phenoxy) is 2. The van der Waals surface area contributed by atoms with E-state index >= 15 is 0 Å². The van der Waals surface area contributed by atoms with Crippen LogP contribution in [0.2, 0.25) is 0 Å². The third kappa shape index (κ3) is 5.23. The summed E-state index contributed by atoms with van der Waals surface area (Å²) in [6, 6.07) is 20.9. The van der Waals surface area contributed by atoms with Gasteiger partial charge in [0.2, 0.25) is 0 Å². The van der Waals surface area contributed by atoms with Gasteiger partial charge in [-0.15, -0.1) is 0 Å². The molecular weight excluding hydrogens is 356 g/mol. The van der Waals surface area contributed by atoms with E-state index in [9.17, 15) is 9.59 Å². The van der Waals surface area contributed by atoms with Crippen LogP contribution in [0, 0.1) is 6.92 Å². The van der Waals surface area contributed by atoms with Gasteiger partial charge in [-0.25, -0.2) is 0 Å². The van der Waals surface area contributed by atoms with Crippen LogP contribution < -0.4 is 20.3 Å². The molecule has 0 bridgehead atoms. The summed E-state index contributed by atoms with van der Waals surface area (Å²) in [6.07, 6.45) is -0.779. The fourth-order valence-electron chi connectivity index (χ4n) is 2.62. The number of amides is 2. The van der Waals surface area contributed by atoms with Crippen LogP contribution in [0.15, 0.2) is 66.7 Å². The molecule has 0 saturated carbocycles. The minimum atomic E-state index is -0.779. The highest BCUT2D eigenvalue weighted by atomic mass is 16.5. The molecule has 0 unspecified atom stereocenters. The zero-order chi connectivity index (χ0) is 19.9. The van der Waals surface area contributed by atoms with Crippen molar-refractivity contribution in [2.75, 3.05) is 6.61 Å². The standard InChI is InChI=1S/C22H22N2O4/c1-15-6-5-9-19(12-15)27-14-21(25)23-24-22(26)16(2)28-20-11-10-17-7-3-4-8-18(17)13-20/h3-13,16H,14H2,1-2H3,(H,23,25)(H,24,26)/t16-/m1/s1.